The number of hydrogen-bond acceptors (Lipinski definition) is 2. The molecule has 0 amide bonds. The minimum Gasteiger partial charge on any atom is -0.453 e. The summed E-state index contributed by atoms with van der Waals surface area (Å²) in [5.41, 5.74) is 0.802. The van der Waals surface area contributed by atoms with Gasteiger partial charge in [-0.15, -0.1) is 0 Å². The number of halogens is 2. The molecule has 0 unspecified atom stereocenters. The van der Waals surface area contributed by atoms with Crippen LogP contribution in [0, 0.1) is 3.57 Å². The fraction of sp³-hybridized carbons (Fsp3) is 0. The van der Waals surface area contributed by atoms with Gasteiger partial charge in [0, 0.05) is 9.13 Å². The molecule has 0 spiro atoms. The molecule has 0 atom stereocenters. The minimum absolute atomic E-state index is 0.305. The van der Waals surface area contributed by atoms with Crippen molar-refractivity contribution in [1.82, 2.24) is 0 Å². The number of carbonyl (C=O) groups is 1. The Morgan fingerprint density at radius 3 is 2.73 bits per heavy atom. The maximum Gasteiger partial charge on any atom is 0.185 e. The second kappa shape index (κ2) is 4.37. The molecule has 0 N–H and O–H groups in total. The average Bonchev–Trinajstić information content (AvgIpc) is 2.70. The molecule has 1 aromatic carbocycles. The Balaban J connectivity index is 2.52. The van der Waals surface area contributed by atoms with Gasteiger partial charge in [-0.3, -0.25) is 4.79 Å². The largest absolute Gasteiger partial charge is 0.453 e. The molecule has 2 aromatic rings. The predicted octanol–water partition coefficient (Wildman–Crippen LogP) is 4.02. The van der Waals surface area contributed by atoms with Crippen LogP contribution in [-0.4, -0.2) is 6.29 Å². The van der Waals surface area contributed by atoms with Crippen molar-refractivity contribution in [1.29, 1.82) is 0 Å². The molecule has 0 aliphatic carbocycles. The van der Waals surface area contributed by atoms with E-state index in [0.717, 1.165) is 9.13 Å². The standard InChI is InChI=1S/C11H6ClIO2/c12-10-3-1-7(13)5-9(10)11-4-2-8(6-14)15-11/h1-6H. The van der Waals surface area contributed by atoms with E-state index in [1.807, 2.05) is 18.2 Å². The topological polar surface area (TPSA) is 30.2 Å². The van der Waals surface area contributed by atoms with Gasteiger partial charge in [0.2, 0.25) is 0 Å². The second-order valence-electron chi connectivity index (χ2n) is 2.94. The summed E-state index contributed by atoms with van der Waals surface area (Å²) in [5, 5.41) is 0.613. The number of rotatable bonds is 2. The lowest BCUT2D eigenvalue weighted by atomic mass is 10.2. The van der Waals surface area contributed by atoms with Gasteiger partial charge >= 0.3 is 0 Å². The second-order valence-corrected chi connectivity index (χ2v) is 4.60. The number of aldehydes is 1. The van der Waals surface area contributed by atoms with E-state index in [-0.39, 0.29) is 0 Å². The SMILES string of the molecule is O=Cc1ccc(-c2cc(I)ccc2Cl)o1. The first kappa shape index (κ1) is 10.7. The first-order chi connectivity index (χ1) is 7.20. The third-order valence-electron chi connectivity index (χ3n) is 1.94. The summed E-state index contributed by atoms with van der Waals surface area (Å²) in [5.74, 6) is 0.917. The first-order valence-corrected chi connectivity index (χ1v) is 5.67. The van der Waals surface area contributed by atoms with Gasteiger partial charge in [-0.25, -0.2) is 0 Å². The Kier molecular flexibility index (Phi) is 3.11. The molecule has 0 radical (unpaired) electrons. The third kappa shape index (κ3) is 2.23. The predicted molar refractivity (Wildman–Crippen MR) is 67.3 cm³/mol. The Morgan fingerprint density at radius 2 is 2.07 bits per heavy atom. The Labute approximate surface area is 105 Å². The van der Waals surface area contributed by atoms with Gasteiger partial charge in [0.15, 0.2) is 12.0 Å². The van der Waals surface area contributed by atoms with Gasteiger partial charge in [0.1, 0.15) is 5.76 Å². The minimum atomic E-state index is 0.305. The van der Waals surface area contributed by atoms with Crippen LogP contribution in [-0.2, 0) is 0 Å². The Bertz CT molecular complexity index is 505. The molecule has 0 saturated carbocycles. The van der Waals surface area contributed by atoms with E-state index in [0.29, 0.717) is 22.8 Å². The van der Waals surface area contributed by atoms with E-state index in [4.69, 9.17) is 16.0 Å². The maximum absolute atomic E-state index is 10.5. The van der Waals surface area contributed by atoms with Gasteiger partial charge in [0.25, 0.3) is 0 Å². The molecular formula is C11H6ClIO2. The van der Waals surface area contributed by atoms with E-state index < -0.39 is 0 Å². The molecule has 76 valence electrons. The molecule has 15 heavy (non-hydrogen) atoms. The monoisotopic (exact) mass is 332 g/mol. The summed E-state index contributed by atoms with van der Waals surface area (Å²) >= 11 is 8.23. The number of furan rings is 1. The van der Waals surface area contributed by atoms with Crippen molar-refractivity contribution in [3.8, 4) is 11.3 Å². The highest BCUT2D eigenvalue weighted by Crippen LogP contribution is 2.30. The van der Waals surface area contributed by atoms with Gasteiger partial charge in [-0.1, -0.05) is 11.6 Å². The smallest absolute Gasteiger partial charge is 0.185 e. The maximum atomic E-state index is 10.5. The van der Waals surface area contributed by atoms with Crippen LogP contribution in [0.3, 0.4) is 0 Å². The van der Waals surface area contributed by atoms with Crippen LogP contribution < -0.4 is 0 Å². The van der Waals surface area contributed by atoms with Crippen LogP contribution in [0.25, 0.3) is 11.3 Å². The molecule has 0 bridgehead atoms. The summed E-state index contributed by atoms with van der Waals surface area (Å²) in [4.78, 5) is 10.5. The number of carbonyl (C=O) groups excluding carboxylic acids is 1. The van der Waals surface area contributed by atoms with Crippen molar-refractivity contribution in [2.24, 2.45) is 0 Å². The van der Waals surface area contributed by atoms with Crippen LogP contribution in [0.1, 0.15) is 10.6 Å². The van der Waals surface area contributed by atoms with Crippen molar-refractivity contribution in [3.05, 3.63) is 44.7 Å². The highest BCUT2D eigenvalue weighted by molar-refractivity contribution is 14.1. The van der Waals surface area contributed by atoms with E-state index >= 15 is 0 Å². The van der Waals surface area contributed by atoms with Crippen LogP contribution in [0.2, 0.25) is 5.02 Å². The van der Waals surface area contributed by atoms with Gasteiger partial charge in [-0.2, -0.15) is 0 Å². The third-order valence-corrected chi connectivity index (χ3v) is 2.94. The lowest BCUT2D eigenvalue weighted by Gasteiger charge is -2.00. The average molecular weight is 333 g/mol. The zero-order valence-electron chi connectivity index (χ0n) is 7.54. The number of benzene rings is 1. The first-order valence-electron chi connectivity index (χ1n) is 4.21. The summed E-state index contributed by atoms with van der Waals surface area (Å²) < 4.78 is 6.36. The lowest BCUT2D eigenvalue weighted by Crippen LogP contribution is -1.78. The zero-order chi connectivity index (χ0) is 10.8. The Hall–Kier alpha value is -0.810. The molecule has 4 heteroatoms. The number of hydrogen-bond donors (Lipinski definition) is 0. The van der Waals surface area contributed by atoms with E-state index in [9.17, 15) is 4.79 Å². The molecule has 1 aromatic heterocycles. The molecule has 0 aliphatic rings. The van der Waals surface area contributed by atoms with Crippen molar-refractivity contribution in [2.75, 3.05) is 0 Å². The van der Waals surface area contributed by atoms with E-state index in [1.165, 1.54) is 0 Å². The summed E-state index contributed by atoms with van der Waals surface area (Å²) in [7, 11) is 0. The normalized spacial score (nSPS) is 10.3. The molecule has 0 saturated heterocycles. The fourth-order valence-electron chi connectivity index (χ4n) is 1.25. The molecule has 1 heterocycles. The quantitative estimate of drug-likeness (QED) is 0.614. The highest BCUT2D eigenvalue weighted by Gasteiger charge is 2.08. The molecule has 0 fully saturated rings. The van der Waals surface area contributed by atoms with Crippen LogP contribution in [0.5, 0.6) is 0 Å². The summed E-state index contributed by atoms with van der Waals surface area (Å²) in [6.45, 7) is 0. The molecule has 2 rings (SSSR count). The van der Waals surface area contributed by atoms with Gasteiger partial charge < -0.3 is 4.42 Å². The molecule has 2 nitrogen and oxygen atoms in total. The summed E-state index contributed by atoms with van der Waals surface area (Å²) in [6, 6.07) is 8.99. The van der Waals surface area contributed by atoms with Crippen LogP contribution in [0.4, 0.5) is 0 Å². The van der Waals surface area contributed by atoms with Crippen LogP contribution >= 0.6 is 34.2 Å². The van der Waals surface area contributed by atoms with Crippen molar-refractivity contribution in [2.45, 2.75) is 0 Å². The van der Waals surface area contributed by atoms with Crippen molar-refractivity contribution >= 4 is 40.5 Å². The van der Waals surface area contributed by atoms with Crippen molar-refractivity contribution < 1.29 is 9.21 Å². The van der Waals surface area contributed by atoms with E-state index in [2.05, 4.69) is 22.6 Å². The lowest BCUT2D eigenvalue weighted by molar-refractivity contribution is 0.110. The Morgan fingerprint density at radius 1 is 1.27 bits per heavy atom. The van der Waals surface area contributed by atoms with Gasteiger partial charge in [-0.05, 0) is 52.9 Å². The van der Waals surface area contributed by atoms with Crippen molar-refractivity contribution in [3.63, 3.8) is 0 Å². The van der Waals surface area contributed by atoms with Gasteiger partial charge in [0.05, 0.1) is 5.02 Å². The molecular weight excluding hydrogens is 326 g/mol. The summed E-state index contributed by atoms with van der Waals surface area (Å²) in [6.07, 6.45) is 0.672. The zero-order valence-corrected chi connectivity index (χ0v) is 10.4. The van der Waals surface area contributed by atoms with Crippen LogP contribution in [0.15, 0.2) is 34.7 Å². The fourth-order valence-corrected chi connectivity index (χ4v) is 1.95. The highest BCUT2D eigenvalue weighted by atomic mass is 127. The molecule has 0 aliphatic heterocycles. The van der Waals surface area contributed by atoms with E-state index in [1.54, 1.807) is 12.1 Å².